The van der Waals surface area contributed by atoms with Crippen LogP contribution < -0.4 is 0 Å². The van der Waals surface area contributed by atoms with Crippen LogP contribution in [-0.4, -0.2) is 6.21 Å². The van der Waals surface area contributed by atoms with Crippen LogP contribution in [0.25, 0.3) is 0 Å². The summed E-state index contributed by atoms with van der Waals surface area (Å²) in [6.45, 7) is 11.3. The maximum absolute atomic E-state index is 4.15. The van der Waals surface area contributed by atoms with Gasteiger partial charge in [-0.3, -0.25) is 4.99 Å². The molecule has 0 aliphatic heterocycles. The Morgan fingerprint density at radius 1 is 1.33 bits per heavy atom. The van der Waals surface area contributed by atoms with E-state index in [2.05, 4.69) is 18.2 Å². The number of hydrogen-bond acceptors (Lipinski definition) is 1. The summed E-state index contributed by atoms with van der Waals surface area (Å²) in [6.07, 6.45) is 9.09. The third kappa shape index (κ3) is 3.71. The molecule has 0 spiro atoms. The van der Waals surface area contributed by atoms with Gasteiger partial charge in [0.1, 0.15) is 0 Å². The lowest BCUT2D eigenvalue weighted by Gasteiger charge is -1.97. The zero-order chi connectivity index (χ0) is 9.40. The zero-order valence-corrected chi connectivity index (χ0v) is 7.75. The van der Waals surface area contributed by atoms with Gasteiger partial charge >= 0.3 is 0 Å². The van der Waals surface area contributed by atoms with Crippen LogP contribution in [0.2, 0.25) is 0 Å². The molecule has 0 radical (unpaired) electrons. The van der Waals surface area contributed by atoms with Gasteiger partial charge < -0.3 is 0 Å². The van der Waals surface area contributed by atoms with Crippen molar-refractivity contribution < 1.29 is 0 Å². The zero-order valence-electron chi connectivity index (χ0n) is 7.75. The molecule has 0 aromatic carbocycles. The molecule has 1 heteroatoms. The molecule has 0 N–H and O–H groups in total. The summed E-state index contributed by atoms with van der Waals surface area (Å²) in [5.41, 5.74) is 1.80. The Kier molecular flexibility index (Phi) is 5.62. The van der Waals surface area contributed by atoms with Crippen LogP contribution in [0.4, 0.5) is 0 Å². The van der Waals surface area contributed by atoms with Gasteiger partial charge in [0.25, 0.3) is 0 Å². The molecule has 0 aromatic rings. The molecule has 0 fully saturated rings. The fraction of sp³-hybridized carbons (Fsp3) is 0.182. The molecule has 0 aromatic heterocycles. The van der Waals surface area contributed by atoms with Crippen LogP contribution >= 0.6 is 0 Å². The standard InChI is InChI=1S/C11H15N/c1-5-8-10(4)11(7-3)12-9-6-2/h5-9H,2,4H2,1,3H3/b8-5-,11-7-,12-9?. The van der Waals surface area contributed by atoms with Crippen molar-refractivity contribution >= 4 is 6.21 Å². The minimum absolute atomic E-state index is 0.882. The van der Waals surface area contributed by atoms with E-state index >= 15 is 0 Å². The van der Waals surface area contributed by atoms with Crippen LogP contribution in [0, 0.1) is 0 Å². The van der Waals surface area contributed by atoms with Crippen molar-refractivity contribution in [3.63, 3.8) is 0 Å². The molecule has 0 amide bonds. The highest BCUT2D eigenvalue weighted by molar-refractivity contribution is 5.72. The van der Waals surface area contributed by atoms with Crippen molar-refractivity contribution in [2.75, 3.05) is 0 Å². The molecular weight excluding hydrogens is 146 g/mol. The van der Waals surface area contributed by atoms with E-state index in [9.17, 15) is 0 Å². The van der Waals surface area contributed by atoms with Gasteiger partial charge in [-0.1, -0.05) is 37.5 Å². The number of allylic oxidation sites excluding steroid dienone is 4. The minimum Gasteiger partial charge on any atom is -0.257 e. The van der Waals surface area contributed by atoms with Crippen molar-refractivity contribution in [1.82, 2.24) is 0 Å². The highest BCUT2D eigenvalue weighted by Gasteiger charge is 1.92. The lowest BCUT2D eigenvalue weighted by Crippen LogP contribution is -1.80. The second-order valence-corrected chi connectivity index (χ2v) is 2.21. The molecular formula is C11H15N. The number of hydrogen-bond donors (Lipinski definition) is 0. The molecule has 0 rings (SSSR count). The van der Waals surface area contributed by atoms with Gasteiger partial charge in [0, 0.05) is 6.21 Å². The molecule has 0 saturated heterocycles. The molecule has 0 atom stereocenters. The average molecular weight is 161 g/mol. The van der Waals surface area contributed by atoms with E-state index in [0.717, 1.165) is 11.3 Å². The fourth-order valence-corrected chi connectivity index (χ4v) is 0.762. The summed E-state index contributed by atoms with van der Waals surface area (Å²) in [4.78, 5) is 4.15. The van der Waals surface area contributed by atoms with Crippen LogP contribution in [0.3, 0.4) is 0 Å². The topological polar surface area (TPSA) is 12.4 Å². The maximum atomic E-state index is 4.15. The van der Waals surface area contributed by atoms with Gasteiger partial charge in [0.15, 0.2) is 0 Å². The second kappa shape index (κ2) is 6.35. The molecule has 0 unspecified atom stereocenters. The summed E-state index contributed by atoms with van der Waals surface area (Å²) >= 11 is 0. The summed E-state index contributed by atoms with van der Waals surface area (Å²) in [5.74, 6) is 0. The van der Waals surface area contributed by atoms with Crippen molar-refractivity contribution in [1.29, 1.82) is 0 Å². The van der Waals surface area contributed by atoms with Crippen molar-refractivity contribution in [3.8, 4) is 0 Å². The van der Waals surface area contributed by atoms with Crippen LogP contribution in [0.1, 0.15) is 13.8 Å². The van der Waals surface area contributed by atoms with Gasteiger partial charge in [0.05, 0.1) is 5.70 Å². The Morgan fingerprint density at radius 3 is 2.42 bits per heavy atom. The average Bonchev–Trinajstić information content (AvgIpc) is 2.06. The lowest BCUT2D eigenvalue weighted by molar-refractivity contribution is 1.34. The van der Waals surface area contributed by atoms with Crippen molar-refractivity contribution in [2.24, 2.45) is 4.99 Å². The van der Waals surface area contributed by atoms with Gasteiger partial charge in [-0.05, 0) is 19.4 Å². The van der Waals surface area contributed by atoms with E-state index in [0.29, 0.717) is 0 Å². The summed E-state index contributed by atoms with van der Waals surface area (Å²) in [6, 6.07) is 0. The summed E-state index contributed by atoms with van der Waals surface area (Å²) in [7, 11) is 0. The van der Waals surface area contributed by atoms with E-state index in [1.165, 1.54) is 0 Å². The van der Waals surface area contributed by atoms with Crippen molar-refractivity contribution in [2.45, 2.75) is 13.8 Å². The first-order chi connectivity index (χ1) is 5.76. The number of aliphatic imine (C=N–C) groups is 1. The fourth-order valence-electron chi connectivity index (χ4n) is 0.762. The number of rotatable bonds is 4. The molecule has 12 heavy (non-hydrogen) atoms. The predicted octanol–water partition coefficient (Wildman–Crippen LogP) is 3.28. The van der Waals surface area contributed by atoms with E-state index in [4.69, 9.17) is 0 Å². The number of nitrogens with zero attached hydrogens (tertiary/aromatic N) is 1. The third-order valence-corrected chi connectivity index (χ3v) is 1.29. The Hall–Kier alpha value is -1.37. The minimum atomic E-state index is 0.882. The molecule has 0 saturated carbocycles. The normalized spacial score (nSPS) is 12.7. The van der Waals surface area contributed by atoms with Gasteiger partial charge in [-0.2, -0.15) is 0 Å². The quantitative estimate of drug-likeness (QED) is 0.443. The highest BCUT2D eigenvalue weighted by Crippen LogP contribution is 2.09. The van der Waals surface area contributed by atoms with Gasteiger partial charge in [0.2, 0.25) is 0 Å². The molecule has 0 bridgehead atoms. The highest BCUT2D eigenvalue weighted by atomic mass is 14.7. The Labute approximate surface area is 74.5 Å². The lowest BCUT2D eigenvalue weighted by atomic mass is 10.2. The first kappa shape index (κ1) is 10.6. The summed E-state index contributed by atoms with van der Waals surface area (Å²) < 4.78 is 0. The van der Waals surface area contributed by atoms with E-state index in [1.54, 1.807) is 12.3 Å². The summed E-state index contributed by atoms with van der Waals surface area (Å²) in [5, 5.41) is 0. The Bertz CT molecular complexity index is 242. The molecule has 0 aliphatic rings. The monoisotopic (exact) mass is 161 g/mol. The molecule has 64 valence electrons. The second-order valence-electron chi connectivity index (χ2n) is 2.21. The van der Waals surface area contributed by atoms with Crippen LogP contribution in [0.15, 0.2) is 53.7 Å². The smallest absolute Gasteiger partial charge is 0.0653 e. The predicted molar refractivity (Wildman–Crippen MR) is 56.4 cm³/mol. The molecule has 1 nitrogen and oxygen atoms in total. The van der Waals surface area contributed by atoms with Gasteiger partial charge in [-0.25, -0.2) is 0 Å². The van der Waals surface area contributed by atoms with E-state index in [1.807, 2.05) is 32.1 Å². The van der Waals surface area contributed by atoms with Crippen LogP contribution in [0.5, 0.6) is 0 Å². The molecule has 0 heterocycles. The first-order valence-electron chi connectivity index (χ1n) is 3.89. The SMILES string of the molecule is C=CC=N/C(=C\C)C(=C)/C=C\C. The third-order valence-electron chi connectivity index (χ3n) is 1.29. The Balaban J connectivity index is 4.47. The largest absolute Gasteiger partial charge is 0.257 e. The van der Waals surface area contributed by atoms with Crippen molar-refractivity contribution in [3.05, 3.63) is 48.7 Å². The molecule has 0 aliphatic carbocycles. The van der Waals surface area contributed by atoms with Crippen LogP contribution in [-0.2, 0) is 0 Å². The Morgan fingerprint density at radius 2 is 2.00 bits per heavy atom. The van der Waals surface area contributed by atoms with E-state index < -0.39 is 0 Å². The maximum Gasteiger partial charge on any atom is 0.0653 e. The van der Waals surface area contributed by atoms with E-state index in [-0.39, 0.29) is 0 Å². The first-order valence-corrected chi connectivity index (χ1v) is 3.89. The van der Waals surface area contributed by atoms with Gasteiger partial charge in [-0.15, -0.1) is 0 Å².